The van der Waals surface area contributed by atoms with Gasteiger partial charge in [-0.3, -0.25) is 4.90 Å². The molecule has 1 fully saturated rings. The Bertz CT molecular complexity index is 460. The lowest BCUT2D eigenvalue weighted by atomic mass is 9.90. The molecule has 1 aliphatic heterocycles. The van der Waals surface area contributed by atoms with Crippen LogP contribution in [0.15, 0.2) is 18.2 Å². The Morgan fingerprint density at radius 1 is 1.40 bits per heavy atom. The molecule has 0 aliphatic carbocycles. The van der Waals surface area contributed by atoms with Crippen molar-refractivity contribution >= 4 is 0 Å². The van der Waals surface area contributed by atoms with Gasteiger partial charge in [0, 0.05) is 26.2 Å². The van der Waals surface area contributed by atoms with Crippen molar-refractivity contribution in [2.45, 2.75) is 45.3 Å². The molecule has 0 amide bonds. The van der Waals surface area contributed by atoms with Crippen molar-refractivity contribution in [3.8, 4) is 0 Å². The maximum Gasteiger partial charge on any atom is 0.0777 e. The van der Waals surface area contributed by atoms with E-state index in [9.17, 15) is 0 Å². The first-order valence-electron chi connectivity index (χ1n) is 7.56. The van der Waals surface area contributed by atoms with Crippen LogP contribution in [0.4, 0.5) is 0 Å². The van der Waals surface area contributed by atoms with E-state index in [1.165, 1.54) is 23.1 Å². The molecule has 2 unspecified atom stereocenters. The lowest BCUT2D eigenvalue weighted by Crippen LogP contribution is -2.50. The van der Waals surface area contributed by atoms with E-state index < -0.39 is 0 Å². The molecule has 3 nitrogen and oxygen atoms in total. The topological polar surface area (TPSA) is 38.5 Å². The zero-order valence-corrected chi connectivity index (χ0v) is 13.3. The summed E-state index contributed by atoms with van der Waals surface area (Å²) in [4.78, 5) is 2.49. The van der Waals surface area contributed by atoms with Crippen LogP contribution >= 0.6 is 0 Å². The molecule has 3 heteroatoms. The first-order chi connectivity index (χ1) is 9.50. The summed E-state index contributed by atoms with van der Waals surface area (Å²) in [6, 6.07) is 6.82. The van der Waals surface area contributed by atoms with Gasteiger partial charge in [-0.15, -0.1) is 0 Å². The second-order valence-corrected chi connectivity index (χ2v) is 6.27. The van der Waals surface area contributed by atoms with Crippen molar-refractivity contribution in [2.75, 3.05) is 26.7 Å². The highest BCUT2D eigenvalue weighted by molar-refractivity contribution is 5.35. The van der Waals surface area contributed by atoms with Gasteiger partial charge in [-0.1, -0.05) is 18.2 Å². The number of hydrogen-bond acceptors (Lipinski definition) is 3. The van der Waals surface area contributed by atoms with E-state index in [-0.39, 0.29) is 5.60 Å². The first-order valence-corrected chi connectivity index (χ1v) is 7.56. The number of ether oxygens (including phenoxy) is 1. The zero-order valence-electron chi connectivity index (χ0n) is 13.3. The fourth-order valence-corrected chi connectivity index (χ4v) is 3.28. The van der Waals surface area contributed by atoms with Crippen molar-refractivity contribution in [1.82, 2.24) is 4.90 Å². The lowest BCUT2D eigenvalue weighted by Gasteiger charge is -2.43. The number of piperidine rings is 1. The summed E-state index contributed by atoms with van der Waals surface area (Å²) in [5.74, 6) is 0. The van der Waals surface area contributed by atoms with Gasteiger partial charge in [-0.05, 0) is 56.8 Å². The van der Waals surface area contributed by atoms with Gasteiger partial charge in [-0.25, -0.2) is 0 Å². The molecule has 112 valence electrons. The number of nitrogens with two attached hydrogens (primary N) is 1. The van der Waals surface area contributed by atoms with Crippen molar-refractivity contribution in [3.63, 3.8) is 0 Å². The number of methoxy groups -OCH3 is 1. The molecule has 2 atom stereocenters. The smallest absolute Gasteiger partial charge is 0.0777 e. The van der Waals surface area contributed by atoms with Gasteiger partial charge < -0.3 is 10.5 Å². The molecule has 1 aromatic rings. The predicted molar refractivity (Wildman–Crippen MR) is 83.9 cm³/mol. The molecule has 0 spiro atoms. The molecule has 1 heterocycles. The first kappa shape index (κ1) is 15.5. The monoisotopic (exact) mass is 276 g/mol. The average Bonchev–Trinajstić information content (AvgIpc) is 2.44. The molecule has 1 saturated heterocycles. The van der Waals surface area contributed by atoms with Crippen molar-refractivity contribution < 1.29 is 4.74 Å². The minimum Gasteiger partial charge on any atom is -0.377 e. The minimum absolute atomic E-state index is 0.0383. The zero-order chi connectivity index (χ0) is 14.8. The van der Waals surface area contributed by atoms with E-state index in [1.807, 2.05) is 7.11 Å². The van der Waals surface area contributed by atoms with Crippen LogP contribution in [0.25, 0.3) is 0 Å². The molecule has 0 radical (unpaired) electrons. The SMILES string of the molecule is COC1(C)CCCN(C(CN)c2cccc(C)c2C)C1. The van der Waals surface area contributed by atoms with Crippen molar-refractivity contribution in [2.24, 2.45) is 5.73 Å². The summed E-state index contributed by atoms with van der Waals surface area (Å²) in [6.07, 6.45) is 2.30. The molecule has 0 saturated carbocycles. The van der Waals surface area contributed by atoms with Crippen LogP contribution in [0.5, 0.6) is 0 Å². The predicted octanol–water partition coefficient (Wildman–Crippen LogP) is 2.80. The fraction of sp³-hybridized carbons (Fsp3) is 0.647. The molecule has 2 rings (SSSR count). The normalized spacial score (nSPS) is 25.6. The van der Waals surface area contributed by atoms with Crippen LogP contribution in [0.3, 0.4) is 0 Å². The number of likely N-dealkylation sites (tertiary alicyclic amines) is 1. The van der Waals surface area contributed by atoms with Crippen LogP contribution in [0.2, 0.25) is 0 Å². The standard InChI is InChI=1S/C17H28N2O/c1-13-7-5-8-15(14(13)2)16(11-18)19-10-6-9-17(3,12-19)20-4/h5,7-8,16H,6,9-12,18H2,1-4H3. The van der Waals surface area contributed by atoms with Gasteiger partial charge in [0.05, 0.1) is 5.60 Å². The summed E-state index contributed by atoms with van der Waals surface area (Å²) < 4.78 is 5.71. The van der Waals surface area contributed by atoms with Gasteiger partial charge >= 0.3 is 0 Å². The average molecular weight is 276 g/mol. The number of nitrogens with zero attached hydrogens (tertiary/aromatic N) is 1. The van der Waals surface area contributed by atoms with E-state index in [4.69, 9.17) is 10.5 Å². The largest absolute Gasteiger partial charge is 0.377 e. The molecule has 1 aromatic carbocycles. The molecule has 0 aromatic heterocycles. The lowest BCUT2D eigenvalue weighted by molar-refractivity contribution is -0.0608. The second-order valence-electron chi connectivity index (χ2n) is 6.27. The number of rotatable bonds is 4. The van der Waals surface area contributed by atoms with Crippen molar-refractivity contribution in [1.29, 1.82) is 0 Å². The van der Waals surface area contributed by atoms with Gasteiger partial charge in [0.1, 0.15) is 0 Å². The maximum atomic E-state index is 6.10. The molecule has 1 aliphatic rings. The van der Waals surface area contributed by atoms with Crippen LogP contribution in [-0.2, 0) is 4.74 Å². The summed E-state index contributed by atoms with van der Waals surface area (Å²) in [5.41, 5.74) is 10.1. The Hall–Kier alpha value is -0.900. The Balaban J connectivity index is 2.26. The summed E-state index contributed by atoms with van der Waals surface area (Å²) in [5, 5.41) is 0. The van der Waals surface area contributed by atoms with E-state index in [1.54, 1.807) is 0 Å². The van der Waals surface area contributed by atoms with Gasteiger partial charge in [-0.2, -0.15) is 0 Å². The highest BCUT2D eigenvalue weighted by Gasteiger charge is 2.34. The Morgan fingerprint density at radius 3 is 2.80 bits per heavy atom. The van der Waals surface area contributed by atoms with E-state index >= 15 is 0 Å². The summed E-state index contributed by atoms with van der Waals surface area (Å²) in [6.45, 7) is 9.29. The van der Waals surface area contributed by atoms with Crippen LogP contribution in [-0.4, -0.2) is 37.2 Å². The molecule has 0 bridgehead atoms. The highest BCUT2D eigenvalue weighted by atomic mass is 16.5. The molecular weight excluding hydrogens is 248 g/mol. The summed E-state index contributed by atoms with van der Waals surface area (Å²) >= 11 is 0. The second kappa shape index (κ2) is 6.25. The Morgan fingerprint density at radius 2 is 2.15 bits per heavy atom. The van der Waals surface area contributed by atoms with Crippen LogP contribution in [0, 0.1) is 13.8 Å². The Labute approximate surface area is 123 Å². The van der Waals surface area contributed by atoms with E-state index in [2.05, 4.69) is 43.9 Å². The fourth-order valence-electron chi connectivity index (χ4n) is 3.28. The number of aryl methyl sites for hydroxylation is 1. The molecule has 2 N–H and O–H groups in total. The number of benzene rings is 1. The van der Waals surface area contributed by atoms with E-state index in [0.717, 1.165) is 19.5 Å². The third-order valence-corrected chi connectivity index (χ3v) is 4.85. The highest BCUT2D eigenvalue weighted by Crippen LogP contribution is 2.32. The molecule has 20 heavy (non-hydrogen) atoms. The quantitative estimate of drug-likeness (QED) is 0.919. The van der Waals surface area contributed by atoms with Crippen LogP contribution < -0.4 is 5.73 Å². The van der Waals surface area contributed by atoms with Gasteiger partial charge in [0.2, 0.25) is 0 Å². The third-order valence-electron chi connectivity index (χ3n) is 4.85. The Kier molecular flexibility index (Phi) is 4.84. The summed E-state index contributed by atoms with van der Waals surface area (Å²) in [7, 11) is 1.82. The van der Waals surface area contributed by atoms with Gasteiger partial charge in [0.15, 0.2) is 0 Å². The van der Waals surface area contributed by atoms with Gasteiger partial charge in [0.25, 0.3) is 0 Å². The third kappa shape index (κ3) is 3.05. The van der Waals surface area contributed by atoms with Crippen molar-refractivity contribution in [3.05, 3.63) is 34.9 Å². The van der Waals surface area contributed by atoms with E-state index in [0.29, 0.717) is 12.6 Å². The van der Waals surface area contributed by atoms with Crippen LogP contribution in [0.1, 0.15) is 42.5 Å². The maximum absolute atomic E-state index is 6.10. The number of hydrogen-bond donors (Lipinski definition) is 1. The molecular formula is C17H28N2O. The minimum atomic E-state index is -0.0383.